The Kier molecular flexibility index (Phi) is 5.63. The summed E-state index contributed by atoms with van der Waals surface area (Å²) >= 11 is 0. The molecule has 0 fully saturated rings. The molecule has 1 heterocycles. The summed E-state index contributed by atoms with van der Waals surface area (Å²) in [6.07, 6.45) is 1.27. The Bertz CT molecular complexity index is 903. The number of imidazole rings is 1. The van der Waals surface area contributed by atoms with Gasteiger partial charge in [0.05, 0.1) is 17.6 Å². The number of fused-ring (bicyclic) bond motifs is 1. The molecule has 134 valence electrons. The molecule has 0 saturated carbocycles. The number of carbonyl (C=O) groups is 2. The monoisotopic (exact) mass is 350 g/mol. The van der Waals surface area contributed by atoms with Gasteiger partial charge in [-0.05, 0) is 30.7 Å². The Morgan fingerprint density at radius 2 is 1.73 bits per heavy atom. The minimum Gasteiger partial charge on any atom is -0.349 e. The smallest absolute Gasteiger partial charge is 0.244 e. The van der Waals surface area contributed by atoms with E-state index in [0.29, 0.717) is 18.8 Å². The molecule has 0 saturated heterocycles. The summed E-state index contributed by atoms with van der Waals surface area (Å²) in [5.74, 6) is 0.513. The first kappa shape index (κ1) is 17.7. The Balaban J connectivity index is 1.79. The van der Waals surface area contributed by atoms with Crippen LogP contribution >= 0.6 is 0 Å². The zero-order chi connectivity index (χ0) is 18.4. The van der Waals surface area contributed by atoms with E-state index in [1.807, 2.05) is 66.1 Å². The minimum absolute atomic E-state index is 0.0140. The van der Waals surface area contributed by atoms with Crippen LogP contribution in [0.25, 0.3) is 11.0 Å². The molecule has 0 atom stereocenters. The van der Waals surface area contributed by atoms with Crippen LogP contribution in [0, 0.1) is 0 Å². The van der Waals surface area contributed by atoms with Gasteiger partial charge in [0.25, 0.3) is 0 Å². The summed E-state index contributed by atoms with van der Waals surface area (Å²) in [6, 6.07) is 17.0. The maximum atomic E-state index is 12.5. The van der Waals surface area contributed by atoms with Crippen molar-refractivity contribution in [3.05, 3.63) is 60.4 Å². The SMILES string of the molecule is CCCC(=O)NCc1nc2ccccc2n1CC(=O)Nc1ccccc1. The van der Waals surface area contributed by atoms with Crippen molar-refractivity contribution in [2.75, 3.05) is 5.32 Å². The van der Waals surface area contributed by atoms with Crippen LogP contribution in [0.2, 0.25) is 0 Å². The van der Waals surface area contributed by atoms with E-state index in [1.165, 1.54) is 0 Å². The fourth-order valence-electron chi connectivity index (χ4n) is 2.80. The second kappa shape index (κ2) is 8.29. The van der Waals surface area contributed by atoms with Gasteiger partial charge in [-0.2, -0.15) is 0 Å². The summed E-state index contributed by atoms with van der Waals surface area (Å²) in [5, 5.41) is 5.75. The summed E-state index contributed by atoms with van der Waals surface area (Å²) in [6.45, 7) is 2.39. The van der Waals surface area contributed by atoms with Gasteiger partial charge >= 0.3 is 0 Å². The third-order valence-electron chi connectivity index (χ3n) is 4.01. The molecule has 0 spiro atoms. The van der Waals surface area contributed by atoms with Gasteiger partial charge in [-0.15, -0.1) is 0 Å². The number of anilines is 1. The Labute approximate surface area is 152 Å². The number of para-hydroxylation sites is 3. The van der Waals surface area contributed by atoms with Crippen LogP contribution < -0.4 is 10.6 Å². The minimum atomic E-state index is -0.138. The molecule has 0 radical (unpaired) electrons. The zero-order valence-electron chi connectivity index (χ0n) is 14.7. The Hall–Kier alpha value is -3.15. The molecule has 3 aromatic rings. The van der Waals surface area contributed by atoms with Crippen molar-refractivity contribution < 1.29 is 9.59 Å². The summed E-state index contributed by atoms with van der Waals surface area (Å²) in [5.41, 5.74) is 2.43. The molecule has 6 heteroatoms. The van der Waals surface area contributed by atoms with Crippen molar-refractivity contribution >= 4 is 28.5 Å². The number of aromatic nitrogens is 2. The molecular formula is C20H22N4O2. The quantitative estimate of drug-likeness (QED) is 0.687. The van der Waals surface area contributed by atoms with Crippen LogP contribution in [0.3, 0.4) is 0 Å². The van der Waals surface area contributed by atoms with Crippen molar-refractivity contribution in [1.82, 2.24) is 14.9 Å². The molecule has 0 aliphatic carbocycles. The van der Waals surface area contributed by atoms with E-state index < -0.39 is 0 Å². The second-order valence-corrected chi connectivity index (χ2v) is 6.04. The fourth-order valence-corrected chi connectivity index (χ4v) is 2.80. The molecular weight excluding hydrogens is 328 g/mol. The largest absolute Gasteiger partial charge is 0.349 e. The molecule has 26 heavy (non-hydrogen) atoms. The molecule has 1 aromatic heterocycles. The molecule has 2 N–H and O–H groups in total. The highest BCUT2D eigenvalue weighted by molar-refractivity contribution is 5.91. The van der Waals surface area contributed by atoms with Gasteiger partial charge in [0, 0.05) is 12.1 Å². The van der Waals surface area contributed by atoms with E-state index in [9.17, 15) is 9.59 Å². The molecule has 0 aliphatic heterocycles. The number of benzene rings is 2. The number of hydrogen-bond acceptors (Lipinski definition) is 3. The predicted octanol–water partition coefficient (Wildman–Crippen LogP) is 3.09. The van der Waals surface area contributed by atoms with Crippen LogP contribution in [0.1, 0.15) is 25.6 Å². The van der Waals surface area contributed by atoms with Crippen LogP contribution in [-0.4, -0.2) is 21.4 Å². The zero-order valence-corrected chi connectivity index (χ0v) is 14.7. The van der Waals surface area contributed by atoms with Crippen LogP contribution in [0.4, 0.5) is 5.69 Å². The molecule has 2 amide bonds. The van der Waals surface area contributed by atoms with Crippen LogP contribution in [-0.2, 0) is 22.7 Å². The third-order valence-corrected chi connectivity index (χ3v) is 4.01. The summed E-state index contributed by atoms with van der Waals surface area (Å²) in [4.78, 5) is 28.8. The predicted molar refractivity (Wildman–Crippen MR) is 102 cm³/mol. The van der Waals surface area contributed by atoms with Gasteiger partial charge in [0.2, 0.25) is 11.8 Å². The topological polar surface area (TPSA) is 76.0 Å². The fraction of sp³-hybridized carbons (Fsp3) is 0.250. The van der Waals surface area contributed by atoms with Crippen molar-refractivity contribution in [3.63, 3.8) is 0 Å². The standard InChI is InChI=1S/C20H22N4O2/c1-2-8-19(25)21-13-18-23-16-11-6-7-12-17(16)24(18)14-20(26)22-15-9-4-3-5-10-15/h3-7,9-12H,2,8,13-14H2,1H3,(H,21,25)(H,22,26). The van der Waals surface area contributed by atoms with Gasteiger partial charge in [-0.1, -0.05) is 37.3 Å². The summed E-state index contributed by atoms with van der Waals surface area (Å²) in [7, 11) is 0. The lowest BCUT2D eigenvalue weighted by molar-refractivity contribution is -0.121. The first-order chi connectivity index (χ1) is 12.7. The average molecular weight is 350 g/mol. The number of carbonyl (C=O) groups excluding carboxylic acids is 2. The van der Waals surface area contributed by atoms with E-state index in [2.05, 4.69) is 15.6 Å². The molecule has 0 aliphatic rings. The van der Waals surface area contributed by atoms with Crippen molar-refractivity contribution in [3.8, 4) is 0 Å². The Morgan fingerprint density at radius 1 is 1.00 bits per heavy atom. The van der Waals surface area contributed by atoms with E-state index >= 15 is 0 Å². The van der Waals surface area contributed by atoms with E-state index in [0.717, 1.165) is 23.1 Å². The van der Waals surface area contributed by atoms with Crippen LogP contribution in [0.15, 0.2) is 54.6 Å². The lowest BCUT2D eigenvalue weighted by Crippen LogP contribution is -2.26. The summed E-state index contributed by atoms with van der Waals surface area (Å²) < 4.78 is 1.85. The number of nitrogens with one attached hydrogen (secondary N) is 2. The van der Waals surface area contributed by atoms with E-state index in [-0.39, 0.29) is 18.4 Å². The Morgan fingerprint density at radius 3 is 2.50 bits per heavy atom. The van der Waals surface area contributed by atoms with Crippen molar-refractivity contribution in [2.45, 2.75) is 32.9 Å². The van der Waals surface area contributed by atoms with E-state index in [1.54, 1.807) is 0 Å². The maximum Gasteiger partial charge on any atom is 0.244 e. The number of nitrogens with zero attached hydrogens (tertiary/aromatic N) is 2. The molecule has 6 nitrogen and oxygen atoms in total. The van der Waals surface area contributed by atoms with Gasteiger partial charge in [-0.25, -0.2) is 4.98 Å². The molecule has 3 rings (SSSR count). The second-order valence-electron chi connectivity index (χ2n) is 6.04. The molecule has 0 bridgehead atoms. The van der Waals surface area contributed by atoms with Gasteiger partial charge in [0.1, 0.15) is 12.4 Å². The highest BCUT2D eigenvalue weighted by Crippen LogP contribution is 2.16. The van der Waals surface area contributed by atoms with Gasteiger partial charge in [0.15, 0.2) is 0 Å². The van der Waals surface area contributed by atoms with Crippen LogP contribution in [0.5, 0.6) is 0 Å². The number of amides is 2. The number of hydrogen-bond donors (Lipinski definition) is 2. The average Bonchev–Trinajstić information content (AvgIpc) is 2.99. The lowest BCUT2D eigenvalue weighted by atomic mass is 10.3. The van der Waals surface area contributed by atoms with Gasteiger partial charge in [-0.3, -0.25) is 9.59 Å². The molecule has 0 unspecified atom stereocenters. The van der Waals surface area contributed by atoms with Crippen molar-refractivity contribution in [2.24, 2.45) is 0 Å². The van der Waals surface area contributed by atoms with Gasteiger partial charge < -0.3 is 15.2 Å². The normalized spacial score (nSPS) is 10.7. The number of rotatable bonds is 7. The highest BCUT2D eigenvalue weighted by Gasteiger charge is 2.14. The van der Waals surface area contributed by atoms with Crippen molar-refractivity contribution in [1.29, 1.82) is 0 Å². The maximum absolute atomic E-state index is 12.5. The molecule has 2 aromatic carbocycles. The first-order valence-electron chi connectivity index (χ1n) is 8.73. The third kappa shape index (κ3) is 4.27. The first-order valence-corrected chi connectivity index (χ1v) is 8.73. The lowest BCUT2D eigenvalue weighted by Gasteiger charge is -2.11. The van der Waals surface area contributed by atoms with E-state index in [4.69, 9.17) is 0 Å². The highest BCUT2D eigenvalue weighted by atomic mass is 16.2.